The predicted octanol–water partition coefficient (Wildman–Crippen LogP) is 2.55. The fraction of sp³-hybridized carbons (Fsp3) is 0.455. The van der Waals surface area contributed by atoms with Crippen molar-refractivity contribution in [1.29, 1.82) is 0 Å². The third kappa shape index (κ3) is 3.14. The lowest BCUT2D eigenvalue weighted by atomic mass is 9.91. The van der Waals surface area contributed by atoms with Gasteiger partial charge in [-0.1, -0.05) is 24.3 Å². The van der Waals surface area contributed by atoms with Crippen molar-refractivity contribution in [3.63, 3.8) is 0 Å². The SMILES string of the molecule is O=C(c1cc2c(s1)-c1ccccc1CC2)N1CCCC(N2CCNCC2=O)C1. The van der Waals surface area contributed by atoms with E-state index in [4.69, 9.17) is 0 Å². The Bertz CT molecular complexity index is 922. The van der Waals surface area contributed by atoms with Gasteiger partial charge in [0.15, 0.2) is 0 Å². The van der Waals surface area contributed by atoms with Gasteiger partial charge in [0.05, 0.1) is 11.4 Å². The number of thiophene rings is 1. The summed E-state index contributed by atoms with van der Waals surface area (Å²) >= 11 is 1.64. The molecule has 1 atom stereocenters. The maximum Gasteiger partial charge on any atom is 0.264 e. The highest BCUT2D eigenvalue weighted by atomic mass is 32.1. The minimum absolute atomic E-state index is 0.129. The van der Waals surface area contributed by atoms with Crippen LogP contribution in [0.2, 0.25) is 0 Å². The van der Waals surface area contributed by atoms with E-state index in [2.05, 4.69) is 35.6 Å². The van der Waals surface area contributed by atoms with Crippen LogP contribution in [0.1, 0.15) is 33.6 Å². The molecular weight excluding hydrogens is 370 g/mol. The molecule has 1 unspecified atom stereocenters. The molecule has 0 radical (unpaired) electrons. The highest BCUT2D eigenvalue weighted by Gasteiger charge is 2.33. The van der Waals surface area contributed by atoms with Crippen molar-refractivity contribution in [2.45, 2.75) is 31.7 Å². The largest absolute Gasteiger partial charge is 0.336 e. The lowest BCUT2D eigenvalue weighted by Gasteiger charge is -2.41. The number of piperidine rings is 1. The number of aryl methyl sites for hydroxylation is 2. The van der Waals surface area contributed by atoms with Gasteiger partial charge < -0.3 is 15.1 Å². The second kappa shape index (κ2) is 7.33. The smallest absolute Gasteiger partial charge is 0.264 e. The van der Waals surface area contributed by atoms with E-state index in [0.29, 0.717) is 13.1 Å². The molecule has 2 aromatic rings. The summed E-state index contributed by atoms with van der Waals surface area (Å²) in [6.07, 6.45) is 4.00. The first-order chi connectivity index (χ1) is 13.7. The average Bonchev–Trinajstić information content (AvgIpc) is 3.18. The van der Waals surface area contributed by atoms with Crippen LogP contribution >= 0.6 is 11.3 Å². The summed E-state index contributed by atoms with van der Waals surface area (Å²) in [5, 5.41) is 3.13. The molecule has 2 amide bonds. The maximum atomic E-state index is 13.3. The summed E-state index contributed by atoms with van der Waals surface area (Å²) < 4.78 is 0. The molecule has 1 N–H and O–H groups in total. The molecule has 0 spiro atoms. The molecule has 146 valence electrons. The van der Waals surface area contributed by atoms with Gasteiger partial charge in [-0.2, -0.15) is 0 Å². The lowest BCUT2D eigenvalue weighted by Crippen LogP contribution is -2.57. The summed E-state index contributed by atoms with van der Waals surface area (Å²) in [6, 6.07) is 10.8. The quantitative estimate of drug-likeness (QED) is 0.850. The first-order valence-electron chi connectivity index (χ1n) is 10.2. The van der Waals surface area contributed by atoms with Gasteiger partial charge in [-0.25, -0.2) is 0 Å². The number of likely N-dealkylation sites (tertiary alicyclic amines) is 1. The van der Waals surface area contributed by atoms with Crippen molar-refractivity contribution in [3.8, 4) is 10.4 Å². The van der Waals surface area contributed by atoms with Crippen molar-refractivity contribution >= 4 is 23.2 Å². The van der Waals surface area contributed by atoms with E-state index in [1.54, 1.807) is 11.3 Å². The number of carbonyl (C=O) groups excluding carboxylic acids is 2. The number of benzene rings is 1. The fourth-order valence-electron chi connectivity index (χ4n) is 4.73. The highest BCUT2D eigenvalue weighted by molar-refractivity contribution is 7.17. The number of hydrogen-bond acceptors (Lipinski definition) is 4. The Kier molecular flexibility index (Phi) is 4.69. The van der Waals surface area contributed by atoms with Crippen molar-refractivity contribution in [1.82, 2.24) is 15.1 Å². The maximum absolute atomic E-state index is 13.3. The molecule has 6 heteroatoms. The molecule has 5 rings (SSSR count). The second-order valence-electron chi connectivity index (χ2n) is 7.93. The highest BCUT2D eigenvalue weighted by Crippen LogP contribution is 2.40. The molecule has 5 nitrogen and oxygen atoms in total. The van der Waals surface area contributed by atoms with Crippen LogP contribution in [0, 0.1) is 0 Å². The van der Waals surface area contributed by atoms with Crippen molar-refractivity contribution < 1.29 is 9.59 Å². The molecule has 3 heterocycles. The minimum atomic E-state index is 0.129. The summed E-state index contributed by atoms with van der Waals surface area (Å²) in [5.41, 5.74) is 3.97. The number of carbonyl (C=O) groups is 2. The Labute approximate surface area is 169 Å². The third-order valence-corrected chi connectivity index (χ3v) is 7.39. The molecular formula is C22H25N3O2S. The van der Waals surface area contributed by atoms with Crippen molar-refractivity contribution in [2.75, 3.05) is 32.7 Å². The Balaban J connectivity index is 1.36. The van der Waals surface area contributed by atoms with Gasteiger partial charge in [-0.3, -0.25) is 9.59 Å². The zero-order chi connectivity index (χ0) is 19.1. The summed E-state index contributed by atoms with van der Waals surface area (Å²) in [4.78, 5) is 31.6. The molecule has 2 aliphatic heterocycles. The number of fused-ring (bicyclic) bond motifs is 3. The minimum Gasteiger partial charge on any atom is -0.336 e. The number of nitrogens with one attached hydrogen (secondary N) is 1. The van der Waals surface area contributed by atoms with Crippen molar-refractivity contribution in [2.24, 2.45) is 0 Å². The van der Waals surface area contributed by atoms with E-state index in [-0.39, 0.29) is 17.9 Å². The number of amides is 2. The molecule has 0 bridgehead atoms. The zero-order valence-corrected chi connectivity index (χ0v) is 16.8. The van der Waals surface area contributed by atoms with Gasteiger partial charge in [0.2, 0.25) is 5.91 Å². The molecule has 1 aromatic carbocycles. The van der Waals surface area contributed by atoms with Crippen molar-refractivity contribution in [3.05, 3.63) is 46.3 Å². The van der Waals surface area contributed by atoms with Crippen LogP contribution in [-0.4, -0.2) is 60.4 Å². The molecule has 3 aliphatic rings. The first kappa shape index (κ1) is 17.9. The van der Waals surface area contributed by atoms with Crippen LogP contribution in [0.3, 0.4) is 0 Å². The topological polar surface area (TPSA) is 52.7 Å². The number of hydrogen-bond donors (Lipinski definition) is 1. The van der Waals surface area contributed by atoms with E-state index in [1.807, 2.05) is 9.80 Å². The monoisotopic (exact) mass is 395 g/mol. The summed E-state index contributed by atoms with van der Waals surface area (Å²) in [5.74, 6) is 0.290. The molecule has 28 heavy (non-hydrogen) atoms. The lowest BCUT2D eigenvalue weighted by molar-refractivity contribution is -0.135. The van der Waals surface area contributed by atoms with Crippen LogP contribution in [0.15, 0.2) is 30.3 Å². The van der Waals surface area contributed by atoms with E-state index < -0.39 is 0 Å². The molecule has 1 aromatic heterocycles. The molecule has 2 fully saturated rings. The molecule has 2 saturated heterocycles. The Morgan fingerprint density at radius 2 is 2.00 bits per heavy atom. The van der Waals surface area contributed by atoms with E-state index >= 15 is 0 Å². The standard InChI is InChI=1S/C22H25N3O2S/c26-20-13-23-9-11-25(20)17-5-3-10-24(14-17)22(27)19-12-16-8-7-15-4-1-2-6-18(15)21(16)28-19/h1-2,4,6,12,17,23H,3,5,7-11,13-14H2. The number of nitrogens with zero attached hydrogens (tertiary/aromatic N) is 2. The van der Waals surface area contributed by atoms with Crippen LogP contribution < -0.4 is 5.32 Å². The number of rotatable bonds is 2. The summed E-state index contributed by atoms with van der Waals surface area (Å²) in [7, 11) is 0. The zero-order valence-electron chi connectivity index (χ0n) is 15.9. The normalized spacial score (nSPS) is 22.0. The van der Waals surface area contributed by atoms with Crippen LogP contribution in [0.4, 0.5) is 0 Å². The van der Waals surface area contributed by atoms with Gasteiger partial charge in [0, 0.05) is 37.1 Å². The Morgan fingerprint density at radius 1 is 1.14 bits per heavy atom. The number of piperazine rings is 1. The second-order valence-corrected chi connectivity index (χ2v) is 8.99. The van der Waals surface area contributed by atoms with Crippen LogP contribution in [0.5, 0.6) is 0 Å². The van der Waals surface area contributed by atoms with Crippen LogP contribution in [-0.2, 0) is 17.6 Å². The summed E-state index contributed by atoms with van der Waals surface area (Å²) in [6.45, 7) is 3.45. The van der Waals surface area contributed by atoms with Gasteiger partial charge in [0.1, 0.15) is 0 Å². The van der Waals surface area contributed by atoms with Gasteiger partial charge >= 0.3 is 0 Å². The van der Waals surface area contributed by atoms with E-state index in [0.717, 1.165) is 50.2 Å². The third-order valence-electron chi connectivity index (χ3n) is 6.20. The molecule has 1 aliphatic carbocycles. The Morgan fingerprint density at radius 3 is 2.89 bits per heavy atom. The van der Waals surface area contributed by atoms with E-state index in [9.17, 15) is 9.59 Å². The van der Waals surface area contributed by atoms with Gasteiger partial charge in [0.25, 0.3) is 5.91 Å². The first-order valence-corrected chi connectivity index (χ1v) is 11.0. The van der Waals surface area contributed by atoms with Gasteiger partial charge in [-0.15, -0.1) is 11.3 Å². The van der Waals surface area contributed by atoms with Gasteiger partial charge in [-0.05, 0) is 48.4 Å². The Hall–Kier alpha value is -2.18. The average molecular weight is 396 g/mol. The fourth-order valence-corrected chi connectivity index (χ4v) is 5.97. The van der Waals surface area contributed by atoms with Crippen LogP contribution in [0.25, 0.3) is 10.4 Å². The predicted molar refractivity (Wildman–Crippen MR) is 111 cm³/mol. The van der Waals surface area contributed by atoms with E-state index in [1.165, 1.54) is 21.6 Å². The molecule has 0 saturated carbocycles.